The molecule has 0 amide bonds. The van der Waals surface area contributed by atoms with Crippen molar-refractivity contribution in [3.63, 3.8) is 0 Å². The van der Waals surface area contributed by atoms with Crippen LogP contribution in [0.4, 0.5) is 110 Å². The standard InChI is InChI=1S/C25H25F25O6/c1-7-11(3,4)9-13(26,12(5,6)8-2)22(43,44)54-16(29,20(37,38)39)24(47,48)56-17(30,21(40,41)42)25(49,50)55-15(28,19(34,35)36)23(45,46)53-14(27,10(51)52)18(31,32)33/h7-9H2,1-6H3,(H,51,52). The van der Waals surface area contributed by atoms with Crippen LogP contribution in [0.5, 0.6) is 0 Å². The maximum atomic E-state index is 16.3. The molecule has 6 nitrogen and oxygen atoms in total. The Morgan fingerprint density at radius 3 is 0.911 bits per heavy atom. The van der Waals surface area contributed by atoms with E-state index in [1.54, 1.807) is 0 Å². The highest BCUT2D eigenvalue weighted by Crippen LogP contribution is 2.62. The third-order valence-corrected chi connectivity index (χ3v) is 8.03. The average Bonchev–Trinajstić information content (AvgIpc) is 2.92. The van der Waals surface area contributed by atoms with Crippen LogP contribution in [-0.4, -0.2) is 89.3 Å². The van der Waals surface area contributed by atoms with Crippen LogP contribution >= 0.6 is 0 Å². The van der Waals surface area contributed by atoms with Crippen LogP contribution in [0, 0.1) is 10.8 Å². The van der Waals surface area contributed by atoms with Gasteiger partial charge in [0.25, 0.3) is 0 Å². The Balaban J connectivity index is 7.93. The maximum absolute atomic E-state index is 16.3. The molecule has 0 aliphatic carbocycles. The predicted octanol–water partition coefficient (Wildman–Crippen LogP) is 11.4. The molecule has 336 valence electrons. The van der Waals surface area contributed by atoms with Crippen molar-refractivity contribution in [2.75, 3.05) is 0 Å². The van der Waals surface area contributed by atoms with Gasteiger partial charge in [-0.3, -0.25) is 18.9 Å². The summed E-state index contributed by atoms with van der Waals surface area (Å²) in [5.74, 6) is -38.1. The van der Waals surface area contributed by atoms with Gasteiger partial charge in [-0.1, -0.05) is 48.0 Å². The summed E-state index contributed by atoms with van der Waals surface area (Å²) in [4.78, 5) is 10.5. The highest BCUT2D eigenvalue weighted by molar-refractivity contribution is 5.76. The fraction of sp³-hybridized carbons (Fsp3) is 0.960. The molecular weight excluding hydrogens is 871 g/mol. The summed E-state index contributed by atoms with van der Waals surface area (Å²) in [6, 6.07) is 0. The lowest BCUT2D eigenvalue weighted by Crippen LogP contribution is -2.72. The molecule has 0 aliphatic heterocycles. The second-order valence-corrected chi connectivity index (χ2v) is 12.9. The van der Waals surface area contributed by atoms with E-state index in [1.165, 1.54) is 14.2 Å². The van der Waals surface area contributed by atoms with Gasteiger partial charge in [-0.2, -0.15) is 105 Å². The Morgan fingerprint density at radius 1 is 0.429 bits per heavy atom. The van der Waals surface area contributed by atoms with Crippen LogP contribution in [0.3, 0.4) is 0 Å². The number of carboxylic acids is 1. The van der Waals surface area contributed by atoms with Gasteiger partial charge < -0.3 is 5.11 Å². The molecule has 0 saturated heterocycles. The lowest BCUT2D eigenvalue weighted by Gasteiger charge is -2.49. The van der Waals surface area contributed by atoms with E-state index < -0.39 is 114 Å². The smallest absolute Gasteiger partial charge is 0.460 e. The number of aliphatic carboxylic acids is 1. The number of alkyl halides is 25. The summed E-state index contributed by atoms with van der Waals surface area (Å²) in [5, 5.41) is 8.12. The van der Waals surface area contributed by atoms with Crippen molar-refractivity contribution < 1.29 is 139 Å². The molecule has 1 N–H and O–H groups in total. The Morgan fingerprint density at radius 2 is 0.696 bits per heavy atom. The second kappa shape index (κ2) is 14.7. The fourth-order valence-electron chi connectivity index (χ4n) is 3.85. The lowest BCUT2D eigenvalue weighted by molar-refractivity contribution is -0.589. The molecule has 0 spiro atoms. The monoisotopic (exact) mass is 896 g/mol. The molecular formula is C25H25F25O6. The van der Waals surface area contributed by atoms with E-state index in [-0.39, 0.29) is 0 Å². The topological polar surface area (TPSA) is 74.2 Å². The van der Waals surface area contributed by atoms with E-state index >= 15 is 17.6 Å². The number of hydrogen-bond donors (Lipinski definition) is 1. The average molecular weight is 896 g/mol. The van der Waals surface area contributed by atoms with Crippen LogP contribution in [0.1, 0.15) is 60.8 Å². The van der Waals surface area contributed by atoms with Crippen LogP contribution in [0.2, 0.25) is 0 Å². The summed E-state index contributed by atoms with van der Waals surface area (Å²) < 4.78 is 358. The highest BCUT2D eigenvalue weighted by Gasteiger charge is 2.89. The SMILES string of the molecule is CCC(C)(C)CC(F)(C(C)(C)CC)C(F)(F)OC(F)(C(F)(F)F)C(F)(F)OC(F)(C(F)(F)F)C(F)(F)OC(F)(C(F)(F)F)C(F)(F)OC(F)(C(=O)O)C(F)(F)F. The van der Waals surface area contributed by atoms with E-state index in [1.807, 2.05) is 0 Å². The largest absolute Gasteiger partial charge is 0.477 e. The molecule has 0 aromatic carbocycles. The van der Waals surface area contributed by atoms with Gasteiger partial charge in [0.15, 0.2) is 0 Å². The first-order valence-electron chi connectivity index (χ1n) is 14.1. The predicted molar refractivity (Wildman–Crippen MR) is 128 cm³/mol. The summed E-state index contributed by atoms with van der Waals surface area (Å²) in [5.41, 5.74) is -9.73. The minimum absolute atomic E-state index is 0.383. The van der Waals surface area contributed by atoms with Crippen LogP contribution in [0.25, 0.3) is 0 Å². The van der Waals surface area contributed by atoms with Gasteiger partial charge >= 0.3 is 78.5 Å². The summed E-state index contributed by atoms with van der Waals surface area (Å²) in [6.45, 7) is 4.33. The highest BCUT2D eigenvalue weighted by atomic mass is 19.4. The number of ether oxygens (including phenoxy) is 4. The molecule has 0 rings (SSSR count). The zero-order chi connectivity index (χ0) is 46.0. The fourth-order valence-corrected chi connectivity index (χ4v) is 3.85. The first-order valence-corrected chi connectivity index (χ1v) is 14.1. The molecule has 0 aliphatic rings. The number of rotatable bonds is 18. The molecule has 0 heterocycles. The normalized spacial score (nSPS) is 20.7. The van der Waals surface area contributed by atoms with Gasteiger partial charge in [0, 0.05) is 5.41 Å². The zero-order valence-corrected chi connectivity index (χ0v) is 28.1. The van der Waals surface area contributed by atoms with Crippen molar-refractivity contribution in [3.8, 4) is 0 Å². The Bertz CT molecular complexity index is 1390. The number of hydrogen-bond acceptors (Lipinski definition) is 5. The molecule has 56 heavy (non-hydrogen) atoms. The van der Waals surface area contributed by atoms with Crippen LogP contribution in [-0.2, 0) is 23.7 Å². The molecule has 0 aromatic rings. The number of carbonyl (C=O) groups is 1. The third-order valence-electron chi connectivity index (χ3n) is 8.03. The first kappa shape index (κ1) is 53.6. The van der Waals surface area contributed by atoms with E-state index in [0.29, 0.717) is 13.8 Å². The van der Waals surface area contributed by atoms with Crippen molar-refractivity contribution in [1.82, 2.24) is 0 Å². The zero-order valence-electron chi connectivity index (χ0n) is 28.1. The quantitative estimate of drug-likeness (QED) is 0.138. The molecule has 5 atom stereocenters. The molecule has 0 saturated carbocycles. The van der Waals surface area contributed by atoms with Crippen molar-refractivity contribution in [3.05, 3.63) is 0 Å². The molecule has 0 bridgehead atoms. The number of halogens is 25. The maximum Gasteiger partial charge on any atom is 0.460 e. The molecule has 0 radical (unpaired) electrons. The minimum atomic E-state index is -8.99. The van der Waals surface area contributed by atoms with Crippen molar-refractivity contribution in [1.29, 1.82) is 0 Å². The van der Waals surface area contributed by atoms with E-state index in [9.17, 15) is 97.0 Å². The van der Waals surface area contributed by atoms with Crippen molar-refractivity contribution in [2.45, 2.75) is 139 Å². The van der Waals surface area contributed by atoms with E-state index in [2.05, 4.69) is 4.74 Å². The van der Waals surface area contributed by atoms with Crippen molar-refractivity contribution >= 4 is 5.97 Å². The van der Waals surface area contributed by atoms with Gasteiger partial charge in [0.1, 0.15) is 0 Å². The summed E-state index contributed by atoms with van der Waals surface area (Å²) >= 11 is 0. The van der Waals surface area contributed by atoms with E-state index in [4.69, 9.17) is 5.11 Å². The Labute approximate surface area is 295 Å². The first-order chi connectivity index (χ1) is 23.9. The van der Waals surface area contributed by atoms with Crippen LogP contribution in [0.15, 0.2) is 0 Å². The van der Waals surface area contributed by atoms with Gasteiger partial charge in [0.05, 0.1) is 0 Å². The second-order valence-electron chi connectivity index (χ2n) is 12.9. The molecule has 31 heteroatoms. The van der Waals surface area contributed by atoms with Gasteiger partial charge in [-0.15, -0.1) is 0 Å². The summed E-state index contributed by atoms with van der Waals surface area (Å²) in [6.07, 6.45) is -69.4. The van der Waals surface area contributed by atoms with E-state index in [0.717, 1.165) is 27.7 Å². The molecule has 0 aromatic heterocycles. The Hall–Kier alpha value is -2.44. The minimum Gasteiger partial charge on any atom is -0.477 e. The molecule has 0 fully saturated rings. The van der Waals surface area contributed by atoms with Crippen LogP contribution < -0.4 is 0 Å². The van der Waals surface area contributed by atoms with Gasteiger partial charge in [-0.05, 0) is 18.3 Å². The Kier molecular flexibility index (Phi) is 14.0. The lowest BCUT2D eigenvalue weighted by atomic mass is 9.65. The third kappa shape index (κ3) is 9.07. The molecule has 5 unspecified atom stereocenters. The number of carboxylic acid groups (broad SMARTS) is 1. The van der Waals surface area contributed by atoms with Gasteiger partial charge in [-0.25, -0.2) is 9.18 Å². The summed E-state index contributed by atoms with van der Waals surface area (Å²) in [7, 11) is 0. The van der Waals surface area contributed by atoms with Crippen molar-refractivity contribution in [2.24, 2.45) is 10.8 Å². The van der Waals surface area contributed by atoms with Gasteiger partial charge in [0.2, 0.25) is 5.67 Å².